The highest BCUT2D eigenvalue weighted by atomic mass is 35.5. The lowest BCUT2D eigenvalue weighted by atomic mass is 10.0. The van der Waals surface area contributed by atoms with E-state index in [1.54, 1.807) is 13.8 Å². The first-order chi connectivity index (χ1) is 10.7. The van der Waals surface area contributed by atoms with Crippen molar-refractivity contribution in [2.45, 2.75) is 24.8 Å². The van der Waals surface area contributed by atoms with Crippen LogP contribution in [-0.2, 0) is 14.8 Å². The summed E-state index contributed by atoms with van der Waals surface area (Å²) in [5.41, 5.74) is 5.09. The molecule has 0 aliphatic carbocycles. The Morgan fingerprint density at radius 3 is 2.42 bits per heavy atom. The summed E-state index contributed by atoms with van der Waals surface area (Å²) in [7, 11) is -4.04. The summed E-state index contributed by atoms with van der Waals surface area (Å²) in [4.78, 5) is 21.4. The second kappa shape index (κ2) is 9.52. The Kier molecular flexibility index (Phi) is 8.83. The number of sulfonamides is 1. The molecule has 0 spiro atoms. The number of nitrogens with one attached hydrogen (secondary N) is 2. The summed E-state index contributed by atoms with van der Waals surface area (Å²) in [5, 5.41) is 13.4. The number of hydrogen-bond acceptors (Lipinski definition) is 6. The van der Waals surface area contributed by atoms with Crippen molar-refractivity contribution in [2.24, 2.45) is 11.7 Å². The van der Waals surface area contributed by atoms with Crippen LogP contribution >= 0.6 is 12.4 Å². The van der Waals surface area contributed by atoms with E-state index in [-0.39, 0.29) is 37.4 Å². The minimum Gasteiger partial charge on any atom is -0.355 e. The topological polar surface area (TPSA) is 144 Å². The molecule has 1 rings (SSSR count). The lowest BCUT2D eigenvalue weighted by Gasteiger charge is -2.15. The van der Waals surface area contributed by atoms with E-state index in [1.807, 2.05) is 0 Å². The van der Waals surface area contributed by atoms with Gasteiger partial charge in [0.1, 0.15) is 0 Å². The second-order valence-corrected chi connectivity index (χ2v) is 6.80. The molecular formula is C13H21ClN4O5S. The van der Waals surface area contributed by atoms with Crippen molar-refractivity contribution in [2.75, 3.05) is 13.1 Å². The van der Waals surface area contributed by atoms with Gasteiger partial charge in [-0.15, -0.1) is 12.4 Å². The Morgan fingerprint density at radius 1 is 1.29 bits per heavy atom. The third kappa shape index (κ3) is 6.04. The predicted octanol–water partition coefficient (Wildman–Crippen LogP) is 0.394. The number of nitro groups is 1. The van der Waals surface area contributed by atoms with E-state index in [9.17, 15) is 23.3 Å². The number of para-hydroxylation sites is 1. The fourth-order valence-electron chi connectivity index (χ4n) is 1.68. The van der Waals surface area contributed by atoms with E-state index in [0.29, 0.717) is 0 Å². The maximum Gasteiger partial charge on any atom is 0.289 e. The number of carbonyl (C=O) groups is 1. The zero-order valence-corrected chi connectivity index (χ0v) is 14.9. The number of nitrogens with zero attached hydrogens (tertiary/aromatic N) is 1. The van der Waals surface area contributed by atoms with Crippen molar-refractivity contribution in [3.05, 3.63) is 34.4 Å². The first kappa shape index (κ1) is 22.2. The minimum atomic E-state index is -4.04. The second-order valence-electron chi connectivity index (χ2n) is 5.06. The number of benzene rings is 1. The number of hydrogen-bond donors (Lipinski definition) is 3. The van der Waals surface area contributed by atoms with Gasteiger partial charge >= 0.3 is 0 Å². The molecule has 2 unspecified atom stereocenters. The molecule has 2 atom stereocenters. The van der Waals surface area contributed by atoms with E-state index < -0.39 is 31.4 Å². The lowest BCUT2D eigenvalue weighted by Crippen LogP contribution is -2.41. The van der Waals surface area contributed by atoms with Crippen molar-refractivity contribution < 1.29 is 18.1 Å². The van der Waals surface area contributed by atoms with Crippen LogP contribution in [0.3, 0.4) is 0 Å². The first-order valence-electron chi connectivity index (χ1n) is 6.93. The van der Waals surface area contributed by atoms with Crippen LogP contribution in [0.25, 0.3) is 0 Å². The van der Waals surface area contributed by atoms with E-state index in [0.717, 1.165) is 12.1 Å². The van der Waals surface area contributed by atoms with Crippen LogP contribution < -0.4 is 15.8 Å². The van der Waals surface area contributed by atoms with Crippen LogP contribution in [0.1, 0.15) is 13.8 Å². The Morgan fingerprint density at radius 2 is 1.88 bits per heavy atom. The van der Waals surface area contributed by atoms with Crippen molar-refractivity contribution in [1.82, 2.24) is 10.0 Å². The number of nitro benzene ring substituents is 1. The molecule has 1 amide bonds. The van der Waals surface area contributed by atoms with Gasteiger partial charge in [0, 0.05) is 31.1 Å². The third-order valence-corrected chi connectivity index (χ3v) is 4.78. The summed E-state index contributed by atoms with van der Waals surface area (Å²) >= 11 is 0. The van der Waals surface area contributed by atoms with Crippen LogP contribution in [-0.4, -0.2) is 38.4 Å². The summed E-state index contributed by atoms with van der Waals surface area (Å²) in [5.74, 6) is -0.688. The normalized spacial score (nSPS) is 13.5. The SMILES string of the molecule is CC(N)C(C)C(=O)NCCNS(=O)(=O)c1ccccc1[N+](=O)[O-].Cl. The average Bonchev–Trinajstić information content (AvgIpc) is 2.50. The molecule has 0 saturated heterocycles. The van der Waals surface area contributed by atoms with Crippen molar-refractivity contribution >= 4 is 34.0 Å². The predicted molar refractivity (Wildman–Crippen MR) is 91.4 cm³/mol. The van der Waals surface area contributed by atoms with Gasteiger partial charge in [0.15, 0.2) is 4.90 Å². The molecule has 0 aliphatic heterocycles. The third-order valence-electron chi connectivity index (χ3n) is 3.27. The highest BCUT2D eigenvalue weighted by Crippen LogP contribution is 2.22. The smallest absolute Gasteiger partial charge is 0.289 e. The van der Waals surface area contributed by atoms with E-state index in [1.165, 1.54) is 12.1 Å². The maximum atomic E-state index is 12.1. The van der Waals surface area contributed by atoms with Gasteiger partial charge in [-0.3, -0.25) is 14.9 Å². The fourth-order valence-corrected chi connectivity index (χ4v) is 2.89. The monoisotopic (exact) mass is 380 g/mol. The van der Waals surface area contributed by atoms with Gasteiger partial charge in [0.25, 0.3) is 5.69 Å². The fraction of sp³-hybridized carbons (Fsp3) is 0.462. The van der Waals surface area contributed by atoms with Gasteiger partial charge < -0.3 is 11.1 Å². The molecule has 0 aliphatic rings. The Hall–Kier alpha value is -1.75. The summed E-state index contributed by atoms with van der Waals surface area (Å²) in [6, 6.07) is 4.72. The highest BCUT2D eigenvalue weighted by molar-refractivity contribution is 7.89. The van der Waals surface area contributed by atoms with Crippen LogP contribution in [0.2, 0.25) is 0 Å². The standard InChI is InChI=1S/C13H20N4O5S.ClH/c1-9(10(2)14)13(18)15-7-8-16-23(21,22)12-6-4-3-5-11(12)17(19)20;/h3-6,9-10,16H,7-8,14H2,1-2H3,(H,15,18);1H. The molecule has 1 aromatic rings. The molecule has 9 nitrogen and oxygen atoms in total. The molecule has 136 valence electrons. The molecule has 4 N–H and O–H groups in total. The average molecular weight is 381 g/mol. The molecular weight excluding hydrogens is 360 g/mol. The molecule has 0 saturated carbocycles. The molecule has 0 radical (unpaired) electrons. The van der Waals surface area contributed by atoms with Gasteiger partial charge in [0.2, 0.25) is 15.9 Å². The maximum absolute atomic E-state index is 12.1. The van der Waals surface area contributed by atoms with Crippen molar-refractivity contribution in [3.8, 4) is 0 Å². The van der Waals surface area contributed by atoms with Gasteiger partial charge in [0.05, 0.1) is 4.92 Å². The molecule has 1 aromatic carbocycles. The van der Waals surface area contributed by atoms with E-state index in [4.69, 9.17) is 5.73 Å². The van der Waals surface area contributed by atoms with Crippen molar-refractivity contribution in [1.29, 1.82) is 0 Å². The molecule has 11 heteroatoms. The van der Waals surface area contributed by atoms with E-state index in [2.05, 4.69) is 10.0 Å². The number of nitrogens with two attached hydrogens (primary N) is 1. The number of carbonyl (C=O) groups excluding carboxylic acids is 1. The highest BCUT2D eigenvalue weighted by Gasteiger charge is 2.24. The quantitative estimate of drug-likeness (QED) is 0.338. The summed E-state index contributed by atoms with van der Waals surface area (Å²) in [6.07, 6.45) is 0. The molecule has 0 heterocycles. The van der Waals surface area contributed by atoms with Crippen LogP contribution in [0, 0.1) is 16.0 Å². The Labute approximate surface area is 146 Å². The van der Waals surface area contributed by atoms with Crippen LogP contribution in [0.4, 0.5) is 5.69 Å². The van der Waals surface area contributed by atoms with Gasteiger partial charge in [-0.05, 0) is 13.0 Å². The van der Waals surface area contributed by atoms with Gasteiger partial charge in [-0.2, -0.15) is 0 Å². The Bertz CT molecular complexity index is 681. The zero-order valence-electron chi connectivity index (χ0n) is 13.3. The summed E-state index contributed by atoms with van der Waals surface area (Å²) < 4.78 is 26.4. The first-order valence-corrected chi connectivity index (χ1v) is 8.41. The van der Waals surface area contributed by atoms with Crippen molar-refractivity contribution in [3.63, 3.8) is 0 Å². The molecule has 0 aromatic heterocycles. The summed E-state index contributed by atoms with van der Waals surface area (Å²) in [6.45, 7) is 3.32. The minimum absolute atomic E-state index is 0. The lowest BCUT2D eigenvalue weighted by molar-refractivity contribution is -0.387. The largest absolute Gasteiger partial charge is 0.355 e. The van der Waals surface area contributed by atoms with Crippen LogP contribution in [0.5, 0.6) is 0 Å². The molecule has 0 bridgehead atoms. The van der Waals surface area contributed by atoms with Gasteiger partial charge in [-0.1, -0.05) is 19.1 Å². The molecule has 0 fully saturated rings. The number of halogens is 1. The Balaban J connectivity index is 0.00000529. The van der Waals surface area contributed by atoms with Crippen LogP contribution in [0.15, 0.2) is 29.2 Å². The zero-order chi connectivity index (χ0) is 17.6. The molecule has 24 heavy (non-hydrogen) atoms. The van der Waals surface area contributed by atoms with E-state index >= 15 is 0 Å². The number of amides is 1. The number of rotatable bonds is 8. The van der Waals surface area contributed by atoms with Gasteiger partial charge in [-0.25, -0.2) is 13.1 Å².